The molecule has 0 bridgehead atoms. The van der Waals surface area contributed by atoms with Crippen molar-refractivity contribution >= 4 is 22.9 Å². The van der Waals surface area contributed by atoms with Gasteiger partial charge in [0.15, 0.2) is 0 Å². The summed E-state index contributed by atoms with van der Waals surface area (Å²) in [6.45, 7) is 2.16. The molecule has 0 aliphatic rings. The third-order valence-corrected chi connectivity index (χ3v) is 3.62. The summed E-state index contributed by atoms with van der Waals surface area (Å²) in [5.74, 6) is -2.35. The Balaban J connectivity index is 2.20. The number of nitrogens with zero attached hydrogens (tertiary/aromatic N) is 2. The molecule has 1 amide bonds. The number of anilines is 1. The summed E-state index contributed by atoms with van der Waals surface area (Å²) < 4.78 is 26.7. The predicted octanol–water partition coefficient (Wildman–Crippen LogP) is 2.58. The van der Waals surface area contributed by atoms with Crippen LogP contribution in [0.3, 0.4) is 0 Å². The third kappa shape index (κ3) is 2.93. The van der Waals surface area contributed by atoms with E-state index in [4.69, 9.17) is 5.73 Å². The van der Waals surface area contributed by atoms with Gasteiger partial charge in [0.25, 0.3) is 5.91 Å². The van der Waals surface area contributed by atoms with E-state index in [9.17, 15) is 13.6 Å². The maximum atomic E-state index is 13.6. The van der Waals surface area contributed by atoms with Gasteiger partial charge in [-0.15, -0.1) is 11.3 Å². The molecule has 0 atom stereocenters. The van der Waals surface area contributed by atoms with Crippen molar-refractivity contribution in [1.29, 1.82) is 0 Å². The summed E-state index contributed by atoms with van der Waals surface area (Å²) in [5.41, 5.74) is 4.87. The number of carbonyl (C=O) groups is 1. The van der Waals surface area contributed by atoms with Crippen LogP contribution in [0.1, 0.15) is 20.2 Å². The second-order valence-corrected chi connectivity index (χ2v) is 5.68. The fourth-order valence-electron chi connectivity index (χ4n) is 1.72. The van der Waals surface area contributed by atoms with Crippen LogP contribution in [0.4, 0.5) is 14.5 Å². The Morgan fingerprint density at radius 2 is 2.10 bits per heavy atom. The topological polar surface area (TPSA) is 59.2 Å². The van der Waals surface area contributed by atoms with Crippen LogP contribution in [0.2, 0.25) is 0 Å². The lowest BCUT2D eigenvalue weighted by Crippen LogP contribution is -2.27. The molecular weight excluding hydrogens is 284 g/mol. The zero-order chi connectivity index (χ0) is 14.9. The molecule has 2 aromatic rings. The average Bonchev–Trinajstić information content (AvgIpc) is 2.78. The van der Waals surface area contributed by atoms with Crippen molar-refractivity contribution in [3.05, 3.63) is 45.4 Å². The number of hydrogen-bond donors (Lipinski definition) is 1. The molecule has 0 fully saturated rings. The molecule has 0 aliphatic carbocycles. The first-order valence-corrected chi connectivity index (χ1v) is 6.61. The second kappa shape index (κ2) is 5.54. The monoisotopic (exact) mass is 297 g/mol. The number of thiazole rings is 1. The Bertz CT molecular complexity index is 657. The van der Waals surface area contributed by atoms with Crippen LogP contribution < -0.4 is 5.73 Å². The van der Waals surface area contributed by atoms with Gasteiger partial charge in [-0.1, -0.05) is 0 Å². The first-order chi connectivity index (χ1) is 9.38. The van der Waals surface area contributed by atoms with E-state index in [2.05, 4.69) is 4.98 Å². The van der Waals surface area contributed by atoms with Crippen LogP contribution in [0, 0.1) is 18.6 Å². The van der Waals surface area contributed by atoms with E-state index in [0.29, 0.717) is 12.6 Å². The van der Waals surface area contributed by atoms with E-state index in [1.165, 1.54) is 23.3 Å². The number of hydrogen-bond acceptors (Lipinski definition) is 4. The largest absolute Gasteiger partial charge is 0.396 e. The van der Waals surface area contributed by atoms with E-state index in [1.807, 2.05) is 6.92 Å². The van der Waals surface area contributed by atoms with Crippen molar-refractivity contribution in [3.63, 3.8) is 0 Å². The summed E-state index contributed by atoms with van der Waals surface area (Å²) in [7, 11) is 1.54. The Labute approximate surface area is 118 Å². The molecule has 2 N–H and O–H groups in total. The summed E-state index contributed by atoms with van der Waals surface area (Å²) >= 11 is 1.46. The minimum absolute atomic E-state index is 0.243. The quantitative estimate of drug-likeness (QED) is 0.886. The van der Waals surface area contributed by atoms with Crippen LogP contribution in [-0.2, 0) is 6.54 Å². The molecule has 1 aromatic carbocycles. The fourth-order valence-corrected chi connectivity index (χ4v) is 2.57. The molecule has 0 saturated heterocycles. The van der Waals surface area contributed by atoms with Gasteiger partial charge in [0, 0.05) is 24.2 Å². The molecule has 1 heterocycles. The molecule has 7 heteroatoms. The molecule has 1 aromatic heterocycles. The number of aromatic nitrogens is 1. The lowest BCUT2D eigenvalue weighted by atomic mass is 10.1. The highest BCUT2D eigenvalue weighted by atomic mass is 32.1. The Morgan fingerprint density at radius 1 is 1.40 bits per heavy atom. The van der Waals surface area contributed by atoms with Crippen LogP contribution in [0.5, 0.6) is 0 Å². The van der Waals surface area contributed by atoms with Gasteiger partial charge < -0.3 is 10.6 Å². The number of nitrogens with two attached hydrogens (primary N) is 1. The van der Waals surface area contributed by atoms with Gasteiger partial charge in [0.05, 0.1) is 22.8 Å². The Kier molecular flexibility index (Phi) is 3.99. The van der Waals surface area contributed by atoms with E-state index in [0.717, 1.165) is 16.0 Å². The summed E-state index contributed by atoms with van der Waals surface area (Å²) in [4.78, 5) is 18.4. The number of carbonyl (C=O) groups excluding carboxylic acids is 1. The normalized spacial score (nSPS) is 10.6. The van der Waals surface area contributed by atoms with Gasteiger partial charge in [0.2, 0.25) is 0 Å². The van der Waals surface area contributed by atoms with Crippen molar-refractivity contribution in [1.82, 2.24) is 9.88 Å². The number of amides is 1. The highest BCUT2D eigenvalue weighted by Gasteiger charge is 2.19. The van der Waals surface area contributed by atoms with Gasteiger partial charge in [0.1, 0.15) is 11.6 Å². The van der Waals surface area contributed by atoms with Crippen molar-refractivity contribution in [2.45, 2.75) is 13.5 Å². The SMILES string of the molecule is Cc1ncc(CN(C)C(=O)c2cc(N)c(F)cc2F)s1. The Morgan fingerprint density at radius 3 is 2.70 bits per heavy atom. The molecule has 0 spiro atoms. The van der Waals surface area contributed by atoms with Crippen molar-refractivity contribution in [2.24, 2.45) is 0 Å². The van der Waals surface area contributed by atoms with Crippen LogP contribution in [-0.4, -0.2) is 22.8 Å². The lowest BCUT2D eigenvalue weighted by Gasteiger charge is -2.16. The van der Waals surface area contributed by atoms with E-state index in [-0.39, 0.29) is 11.3 Å². The van der Waals surface area contributed by atoms with Gasteiger partial charge in [-0.05, 0) is 13.0 Å². The smallest absolute Gasteiger partial charge is 0.256 e. The van der Waals surface area contributed by atoms with Crippen molar-refractivity contribution < 1.29 is 13.6 Å². The third-order valence-electron chi connectivity index (χ3n) is 2.73. The van der Waals surface area contributed by atoms with Gasteiger partial charge >= 0.3 is 0 Å². The molecule has 0 aliphatic heterocycles. The minimum atomic E-state index is -0.922. The zero-order valence-corrected chi connectivity index (χ0v) is 11.8. The first kappa shape index (κ1) is 14.4. The average molecular weight is 297 g/mol. The van der Waals surface area contributed by atoms with Crippen LogP contribution in [0.25, 0.3) is 0 Å². The van der Waals surface area contributed by atoms with E-state index >= 15 is 0 Å². The molecule has 4 nitrogen and oxygen atoms in total. The summed E-state index contributed by atoms with van der Waals surface area (Å²) in [6, 6.07) is 1.63. The molecule has 106 valence electrons. The minimum Gasteiger partial charge on any atom is -0.396 e. The molecule has 0 unspecified atom stereocenters. The fraction of sp³-hybridized carbons (Fsp3) is 0.231. The van der Waals surface area contributed by atoms with Crippen LogP contribution >= 0.6 is 11.3 Å². The van der Waals surface area contributed by atoms with Crippen molar-refractivity contribution in [2.75, 3.05) is 12.8 Å². The molecule has 0 saturated carbocycles. The summed E-state index contributed by atoms with van der Waals surface area (Å²) in [6.07, 6.45) is 1.67. The molecule has 0 radical (unpaired) electrons. The highest BCUT2D eigenvalue weighted by Crippen LogP contribution is 2.20. The summed E-state index contributed by atoms with van der Waals surface area (Å²) in [5, 5.41) is 0.887. The molecular formula is C13H13F2N3OS. The predicted molar refractivity (Wildman–Crippen MR) is 73.4 cm³/mol. The molecule has 20 heavy (non-hydrogen) atoms. The van der Waals surface area contributed by atoms with Gasteiger partial charge in [-0.2, -0.15) is 0 Å². The highest BCUT2D eigenvalue weighted by molar-refractivity contribution is 7.11. The Hall–Kier alpha value is -2.02. The second-order valence-electron chi connectivity index (χ2n) is 4.36. The number of rotatable bonds is 3. The van der Waals surface area contributed by atoms with E-state index in [1.54, 1.807) is 6.20 Å². The number of nitrogen functional groups attached to an aromatic ring is 1. The maximum absolute atomic E-state index is 13.6. The van der Waals surface area contributed by atoms with Gasteiger partial charge in [-0.3, -0.25) is 4.79 Å². The number of benzene rings is 1. The van der Waals surface area contributed by atoms with Crippen LogP contribution in [0.15, 0.2) is 18.3 Å². The van der Waals surface area contributed by atoms with E-state index < -0.39 is 17.5 Å². The van der Waals surface area contributed by atoms with Gasteiger partial charge in [-0.25, -0.2) is 13.8 Å². The number of halogens is 2. The first-order valence-electron chi connectivity index (χ1n) is 5.79. The standard InChI is InChI=1S/C13H13F2N3OS/c1-7-17-5-8(20-7)6-18(2)13(19)9-3-12(16)11(15)4-10(9)14/h3-5H,6,16H2,1-2H3. The lowest BCUT2D eigenvalue weighted by molar-refractivity contribution is 0.0781. The molecule has 2 rings (SSSR count). The van der Waals surface area contributed by atoms with Crippen molar-refractivity contribution in [3.8, 4) is 0 Å². The maximum Gasteiger partial charge on any atom is 0.256 e. The number of aryl methyl sites for hydroxylation is 1. The zero-order valence-electron chi connectivity index (χ0n) is 11.0.